The molecule has 0 bridgehead atoms. The first-order valence-electron chi connectivity index (χ1n) is 11.9. The molecular weight excluding hydrogens is 551 g/mol. The van der Waals surface area contributed by atoms with Crippen LogP contribution in [0.5, 0.6) is 5.75 Å². The number of carbonyl (C=O) groups excluding carboxylic acids is 3. The van der Waals surface area contributed by atoms with Crippen LogP contribution in [-0.4, -0.2) is 70.2 Å². The summed E-state index contributed by atoms with van der Waals surface area (Å²) in [5.74, 6) is -0.947. The minimum absolute atomic E-state index is 0.0761. The maximum Gasteiger partial charge on any atom is 0.290 e. The molecule has 1 aromatic rings. The predicted octanol–water partition coefficient (Wildman–Crippen LogP) is 2.35. The van der Waals surface area contributed by atoms with Crippen LogP contribution in [0.4, 0.5) is 0 Å². The summed E-state index contributed by atoms with van der Waals surface area (Å²) < 4.78 is 6.97. The van der Waals surface area contributed by atoms with Crippen molar-refractivity contribution in [1.29, 1.82) is 0 Å². The first kappa shape index (κ1) is 26.6. The van der Waals surface area contributed by atoms with Crippen molar-refractivity contribution in [2.75, 3.05) is 13.2 Å². The van der Waals surface area contributed by atoms with Crippen LogP contribution in [0, 0.1) is 3.57 Å². The molecule has 0 heterocycles. The number of hydrogen-bond donors (Lipinski definition) is 3. The highest BCUT2D eigenvalue weighted by atomic mass is 127. The Bertz CT molecular complexity index is 914. The van der Waals surface area contributed by atoms with Gasteiger partial charge in [0.15, 0.2) is 0 Å². The van der Waals surface area contributed by atoms with Gasteiger partial charge in [-0.3, -0.25) is 14.4 Å². The molecule has 8 nitrogen and oxygen atoms in total. The highest BCUT2D eigenvalue weighted by Gasteiger charge is 2.44. The van der Waals surface area contributed by atoms with E-state index in [2.05, 4.69) is 27.9 Å². The van der Waals surface area contributed by atoms with Gasteiger partial charge in [0.25, 0.3) is 5.91 Å². The molecule has 2 aliphatic rings. The van der Waals surface area contributed by atoms with Gasteiger partial charge in [0, 0.05) is 31.0 Å². The smallest absolute Gasteiger partial charge is 0.290 e. The lowest BCUT2D eigenvalue weighted by Crippen LogP contribution is -2.59. The van der Waals surface area contributed by atoms with Crippen molar-refractivity contribution < 1.29 is 29.3 Å². The Labute approximate surface area is 213 Å². The number of para-hydroxylation sites is 1. The van der Waals surface area contributed by atoms with Crippen LogP contribution in [0.3, 0.4) is 0 Å². The van der Waals surface area contributed by atoms with E-state index in [9.17, 15) is 19.5 Å². The lowest BCUT2D eigenvalue weighted by atomic mass is 9.85. The molecule has 2 amide bonds. The molecule has 0 saturated heterocycles. The number of aliphatic hydroxyl groups is 2. The number of halogens is 1. The SMILES string of the molecule is CCC(=O)C(=O)N(C1CCCCC1)C1CC(C(=O)NCCO)=CC(Oc2ccccc2I)C1O. The molecule has 3 N–H and O–H groups in total. The van der Waals surface area contributed by atoms with Gasteiger partial charge in [-0.2, -0.15) is 0 Å². The molecule has 0 radical (unpaired) electrons. The molecule has 2 aliphatic carbocycles. The number of rotatable bonds is 9. The third-order valence-electron chi connectivity index (χ3n) is 6.43. The van der Waals surface area contributed by atoms with Crippen LogP contribution in [0.15, 0.2) is 35.9 Å². The van der Waals surface area contributed by atoms with Gasteiger partial charge in [0.1, 0.15) is 18.0 Å². The molecule has 0 aliphatic heterocycles. The van der Waals surface area contributed by atoms with Crippen molar-refractivity contribution >= 4 is 40.2 Å². The minimum atomic E-state index is -1.12. The number of nitrogens with zero attached hydrogens (tertiary/aromatic N) is 1. The van der Waals surface area contributed by atoms with Crippen LogP contribution in [0.1, 0.15) is 51.9 Å². The quantitative estimate of drug-likeness (QED) is 0.303. The first-order valence-corrected chi connectivity index (χ1v) is 13.0. The van der Waals surface area contributed by atoms with Gasteiger partial charge in [-0.1, -0.05) is 38.3 Å². The lowest BCUT2D eigenvalue weighted by Gasteiger charge is -2.44. The zero-order valence-electron chi connectivity index (χ0n) is 19.4. The molecular formula is C25H33IN2O6. The van der Waals surface area contributed by atoms with Crippen LogP contribution in [-0.2, 0) is 14.4 Å². The van der Waals surface area contributed by atoms with Crippen LogP contribution in [0.2, 0.25) is 0 Å². The van der Waals surface area contributed by atoms with Gasteiger partial charge in [-0.25, -0.2) is 0 Å². The van der Waals surface area contributed by atoms with Gasteiger partial charge < -0.3 is 25.2 Å². The molecule has 9 heteroatoms. The Morgan fingerprint density at radius 1 is 1.18 bits per heavy atom. The maximum absolute atomic E-state index is 13.3. The second-order valence-corrected chi connectivity index (χ2v) is 9.89. The molecule has 3 atom stereocenters. The minimum Gasteiger partial charge on any atom is -0.482 e. The number of ketones is 1. The second kappa shape index (κ2) is 12.6. The van der Waals surface area contributed by atoms with Crippen molar-refractivity contribution in [2.24, 2.45) is 0 Å². The van der Waals surface area contributed by atoms with Crippen molar-refractivity contribution in [2.45, 2.75) is 76.2 Å². The van der Waals surface area contributed by atoms with E-state index in [4.69, 9.17) is 9.84 Å². The second-order valence-electron chi connectivity index (χ2n) is 8.73. The van der Waals surface area contributed by atoms with E-state index in [1.165, 1.54) is 4.90 Å². The predicted molar refractivity (Wildman–Crippen MR) is 135 cm³/mol. The molecule has 186 valence electrons. The fraction of sp³-hybridized carbons (Fsp3) is 0.560. The monoisotopic (exact) mass is 584 g/mol. The third kappa shape index (κ3) is 6.37. The van der Waals surface area contributed by atoms with Crippen molar-refractivity contribution in [3.05, 3.63) is 39.5 Å². The summed E-state index contributed by atoms with van der Waals surface area (Å²) in [6.07, 6.45) is 4.21. The average molecular weight is 584 g/mol. The topological polar surface area (TPSA) is 116 Å². The molecule has 34 heavy (non-hydrogen) atoms. The summed E-state index contributed by atoms with van der Waals surface area (Å²) in [6.45, 7) is 1.53. The number of hydrogen-bond acceptors (Lipinski definition) is 6. The summed E-state index contributed by atoms with van der Waals surface area (Å²) in [5.41, 5.74) is 0.359. The standard InChI is InChI=1S/C25H33IN2O6/c1-2-20(30)25(33)28(17-8-4-3-5-9-17)19-14-16(24(32)27-12-13-29)15-22(23(19)31)34-21-11-7-6-10-18(21)26/h6-7,10-11,15,17,19,22-23,29,31H,2-5,8-9,12-14H2,1H3,(H,27,32). The summed E-state index contributed by atoms with van der Waals surface area (Å²) in [4.78, 5) is 40.1. The highest BCUT2D eigenvalue weighted by molar-refractivity contribution is 14.1. The van der Waals surface area contributed by atoms with E-state index in [0.717, 1.165) is 35.7 Å². The maximum atomic E-state index is 13.3. The fourth-order valence-electron chi connectivity index (χ4n) is 4.68. The molecule has 1 saturated carbocycles. The summed E-state index contributed by atoms with van der Waals surface area (Å²) >= 11 is 2.14. The summed E-state index contributed by atoms with van der Waals surface area (Å²) in [6, 6.07) is 6.39. The number of Topliss-reactive ketones (excluding diaryl/α,β-unsaturated/α-hetero) is 1. The van der Waals surface area contributed by atoms with Gasteiger partial charge in [-0.15, -0.1) is 0 Å². The Kier molecular flexibility index (Phi) is 9.90. The number of amides is 2. The van der Waals surface area contributed by atoms with Crippen LogP contribution >= 0.6 is 22.6 Å². The number of ether oxygens (including phenoxy) is 1. The number of benzene rings is 1. The molecule has 0 spiro atoms. The third-order valence-corrected chi connectivity index (χ3v) is 7.32. The Hall–Kier alpha value is -1.98. The largest absolute Gasteiger partial charge is 0.482 e. The van der Waals surface area contributed by atoms with Gasteiger partial charge in [0.2, 0.25) is 11.7 Å². The van der Waals surface area contributed by atoms with E-state index in [0.29, 0.717) is 11.3 Å². The summed E-state index contributed by atoms with van der Waals surface area (Å²) in [5, 5.41) is 23.2. The molecule has 0 aromatic heterocycles. The van der Waals surface area contributed by atoms with Crippen molar-refractivity contribution in [3.63, 3.8) is 0 Å². The summed E-state index contributed by atoms with van der Waals surface area (Å²) in [7, 11) is 0. The number of carbonyl (C=O) groups is 3. The van der Waals surface area contributed by atoms with Crippen molar-refractivity contribution in [1.82, 2.24) is 10.2 Å². The first-order chi connectivity index (χ1) is 16.4. The van der Waals surface area contributed by atoms with Crippen LogP contribution < -0.4 is 10.1 Å². The van der Waals surface area contributed by atoms with E-state index >= 15 is 0 Å². The molecule has 3 unspecified atom stereocenters. The van der Waals surface area contributed by atoms with E-state index < -0.39 is 29.9 Å². The van der Waals surface area contributed by atoms with E-state index in [-0.39, 0.29) is 37.9 Å². The average Bonchev–Trinajstić information content (AvgIpc) is 2.86. The van der Waals surface area contributed by atoms with Gasteiger partial charge >= 0.3 is 0 Å². The molecule has 3 rings (SSSR count). The van der Waals surface area contributed by atoms with Gasteiger partial charge in [-0.05, 0) is 53.6 Å². The lowest BCUT2D eigenvalue weighted by molar-refractivity contribution is -0.152. The molecule has 1 aromatic carbocycles. The van der Waals surface area contributed by atoms with Crippen LogP contribution in [0.25, 0.3) is 0 Å². The number of aliphatic hydroxyl groups excluding tert-OH is 2. The van der Waals surface area contributed by atoms with Crippen molar-refractivity contribution in [3.8, 4) is 5.75 Å². The Morgan fingerprint density at radius 3 is 2.53 bits per heavy atom. The zero-order valence-corrected chi connectivity index (χ0v) is 21.6. The normalized spacial score (nSPS) is 23.1. The Balaban J connectivity index is 1.98. The highest BCUT2D eigenvalue weighted by Crippen LogP contribution is 2.33. The van der Waals surface area contributed by atoms with E-state index in [1.807, 2.05) is 18.2 Å². The number of nitrogens with one attached hydrogen (secondary N) is 1. The zero-order chi connectivity index (χ0) is 24.7. The van der Waals surface area contributed by atoms with E-state index in [1.54, 1.807) is 19.1 Å². The van der Waals surface area contributed by atoms with Gasteiger partial charge in [0.05, 0.1) is 16.2 Å². The Morgan fingerprint density at radius 2 is 1.88 bits per heavy atom. The fourth-order valence-corrected chi connectivity index (χ4v) is 5.19. The molecule has 1 fully saturated rings.